The van der Waals surface area contributed by atoms with Crippen molar-refractivity contribution in [3.05, 3.63) is 11.3 Å². The number of ether oxygens (including phenoxy) is 6. The van der Waals surface area contributed by atoms with Gasteiger partial charge in [-0.05, 0) is 74.1 Å². The Morgan fingerprint density at radius 3 is 2.24 bits per heavy atom. The Morgan fingerprint density at radius 2 is 1.64 bits per heavy atom. The fourth-order valence-electron chi connectivity index (χ4n) is 9.05. The number of nitrogens with zero attached hydrogens (tertiary/aromatic N) is 1. The average molecular weight is 713 g/mol. The number of hydrogen-bond acceptors (Lipinski definition) is 11. The first-order valence-corrected chi connectivity index (χ1v) is 18.8. The van der Waals surface area contributed by atoms with Crippen LogP contribution in [0.2, 0.25) is 0 Å². The van der Waals surface area contributed by atoms with E-state index in [2.05, 4.69) is 5.32 Å². The molecule has 0 spiro atoms. The van der Waals surface area contributed by atoms with Crippen LogP contribution in [-0.2, 0) is 33.2 Å². The van der Waals surface area contributed by atoms with Gasteiger partial charge in [0.2, 0.25) is 5.91 Å². The van der Waals surface area contributed by atoms with E-state index in [1.807, 2.05) is 81.3 Å². The Labute approximate surface area is 300 Å². The quantitative estimate of drug-likeness (QED) is 0.291. The van der Waals surface area contributed by atoms with Crippen LogP contribution >= 0.6 is 0 Å². The summed E-state index contributed by atoms with van der Waals surface area (Å²) in [4.78, 5) is 16.3. The maximum absolute atomic E-state index is 14.3. The van der Waals surface area contributed by atoms with Crippen LogP contribution in [0.5, 0.6) is 0 Å². The van der Waals surface area contributed by atoms with Crippen molar-refractivity contribution in [3.63, 3.8) is 0 Å². The van der Waals surface area contributed by atoms with Crippen LogP contribution in [0.1, 0.15) is 108 Å². The molecular weight excluding hydrogens is 644 g/mol. The summed E-state index contributed by atoms with van der Waals surface area (Å²) >= 11 is 0. The molecule has 0 saturated carbocycles. The van der Waals surface area contributed by atoms with Gasteiger partial charge >= 0.3 is 0 Å². The number of fused-ring (bicyclic) bond motifs is 2. The van der Waals surface area contributed by atoms with Crippen LogP contribution in [0, 0.1) is 17.8 Å². The van der Waals surface area contributed by atoms with E-state index in [1.165, 1.54) is 0 Å². The second-order valence-corrected chi connectivity index (χ2v) is 16.9. The van der Waals surface area contributed by atoms with Crippen LogP contribution in [0.25, 0.3) is 0 Å². The summed E-state index contributed by atoms with van der Waals surface area (Å²) in [6, 6.07) is -0.939. The molecule has 12 nitrogen and oxygen atoms in total. The zero-order valence-corrected chi connectivity index (χ0v) is 32.9. The molecule has 3 fully saturated rings. The second-order valence-electron chi connectivity index (χ2n) is 16.9. The fourth-order valence-corrected chi connectivity index (χ4v) is 9.05. The standard InChI is InChI=1S/C38H68N2O10/c1-14-15-27-38(10,44)32(42)23(5)30-20(2)17-37(9,50-30)33(49-35-29(41)26(40(11)12)16-21(3)47-35)24(6)31(25(7)34(43)39-27)48-28-19-36(8,45-13)18-22(4)46-28/h21-29,31-33,35,41-42,44H,14-19H2,1-13H3,(H,39,43)/t21-,22+,23-,24+,25-,26+,27?,28?,29-,31+,32-,33-,35?,36+,37-,38-/m1/s1. The molecule has 3 unspecified atom stereocenters. The molecule has 4 aliphatic rings. The molecule has 0 aromatic rings. The molecule has 0 aromatic heterocycles. The lowest BCUT2D eigenvalue weighted by Crippen LogP contribution is -2.61. The molecule has 0 radical (unpaired) electrons. The molecule has 4 rings (SSSR count). The molecule has 3 saturated heterocycles. The number of hydrogen-bond donors (Lipinski definition) is 4. The first kappa shape index (κ1) is 41.4. The van der Waals surface area contributed by atoms with Crippen molar-refractivity contribution in [1.82, 2.24) is 10.2 Å². The maximum atomic E-state index is 14.3. The zero-order chi connectivity index (χ0) is 37.5. The molecule has 2 bridgehead atoms. The van der Waals surface area contributed by atoms with Gasteiger partial charge in [-0.15, -0.1) is 0 Å². The van der Waals surface area contributed by atoms with E-state index in [1.54, 1.807) is 14.0 Å². The average Bonchev–Trinajstić information content (AvgIpc) is 3.35. The van der Waals surface area contributed by atoms with Crippen LogP contribution in [-0.4, -0.2) is 125 Å². The number of methoxy groups -OCH3 is 1. The largest absolute Gasteiger partial charge is 0.489 e. The van der Waals surface area contributed by atoms with E-state index < -0.39 is 77.6 Å². The van der Waals surface area contributed by atoms with Gasteiger partial charge in [0.1, 0.15) is 29.2 Å². The van der Waals surface area contributed by atoms with Gasteiger partial charge in [-0.1, -0.05) is 34.1 Å². The smallest absolute Gasteiger partial charge is 0.225 e. The topological polar surface area (TPSA) is 148 Å². The molecule has 290 valence electrons. The molecule has 12 heteroatoms. The minimum atomic E-state index is -1.67. The van der Waals surface area contributed by atoms with Gasteiger partial charge in [0.05, 0.1) is 42.0 Å². The lowest BCUT2D eigenvalue weighted by Gasteiger charge is -2.48. The van der Waals surface area contributed by atoms with Gasteiger partial charge in [0, 0.05) is 44.2 Å². The summed E-state index contributed by atoms with van der Waals surface area (Å²) in [5.41, 5.74) is -2.24. The number of nitrogens with one attached hydrogen (secondary N) is 1. The van der Waals surface area contributed by atoms with E-state index >= 15 is 0 Å². The molecular formula is C38H68N2O10. The monoisotopic (exact) mass is 712 g/mol. The summed E-state index contributed by atoms with van der Waals surface area (Å²) in [6.07, 6.45) is -2.33. The van der Waals surface area contributed by atoms with Gasteiger partial charge in [-0.3, -0.25) is 4.79 Å². The molecule has 4 aliphatic heterocycles. The Hall–Kier alpha value is -1.35. The van der Waals surface area contributed by atoms with E-state index in [9.17, 15) is 20.1 Å². The van der Waals surface area contributed by atoms with Crippen molar-refractivity contribution < 1.29 is 48.5 Å². The maximum Gasteiger partial charge on any atom is 0.225 e. The summed E-state index contributed by atoms with van der Waals surface area (Å²) in [5, 5.41) is 38.4. The number of aliphatic hydroxyl groups excluding tert-OH is 2. The molecule has 0 aliphatic carbocycles. The first-order chi connectivity index (χ1) is 23.2. The van der Waals surface area contributed by atoms with Crippen molar-refractivity contribution in [2.45, 2.75) is 186 Å². The zero-order valence-electron chi connectivity index (χ0n) is 32.9. The third-order valence-electron chi connectivity index (χ3n) is 12.0. The van der Waals surface area contributed by atoms with Crippen molar-refractivity contribution >= 4 is 5.91 Å². The highest BCUT2D eigenvalue weighted by molar-refractivity contribution is 5.79. The van der Waals surface area contributed by atoms with Crippen molar-refractivity contribution in [3.8, 4) is 0 Å². The number of likely N-dealkylation sites (N-methyl/N-ethyl adjacent to an activating group) is 1. The number of aliphatic hydroxyl groups is 3. The van der Waals surface area contributed by atoms with Crippen molar-refractivity contribution in [2.75, 3.05) is 21.2 Å². The number of rotatable bonds is 8. The highest BCUT2D eigenvalue weighted by Gasteiger charge is 2.55. The predicted molar refractivity (Wildman–Crippen MR) is 189 cm³/mol. The molecule has 16 atom stereocenters. The number of amides is 1. The summed E-state index contributed by atoms with van der Waals surface area (Å²) < 4.78 is 39.3. The van der Waals surface area contributed by atoms with Gasteiger partial charge < -0.3 is 54.0 Å². The first-order valence-electron chi connectivity index (χ1n) is 18.8. The lowest BCUT2D eigenvalue weighted by molar-refractivity contribution is -0.308. The molecule has 50 heavy (non-hydrogen) atoms. The normalized spacial score (nSPS) is 48.0. The van der Waals surface area contributed by atoms with Crippen LogP contribution in [0.15, 0.2) is 11.3 Å². The number of carbonyl (C=O) groups excluding carboxylic acids is 1. The SMILES string of the molecule is CCCC1NC(=O)[C@H](C)[C@@H](OC2C[C@@](C)(OC)C[C@H](C)O2)[C@H](C)[C@@H](OC2O[C@H](C)C[C@H](N(C)C)[C@H]2O)[C@@]2(C)CC(C)=C(O2)[C@@H](C)[C@@H](O)[C@]1(C)O. The fraction of sp³-hybridized carbons (Fsp3) is 0.921. The minimum absolute atomic E-state index is 0.146. The molecule has 1 amide bonds. The lowest BCUT2D eigenvalue weighted by atomic mass is 9.77. The van der Waals surface area contributed by atoms with E-state index in [4.69, 9.17) is 28.4 Å². The Kier molecular flexibility index (Phi) is 13.2. The van der Waals surface area contributed by atoms with Crippen molar-refractivity contribution in [1.29, 1.82) is 0 Å². The molecule has 4 N–H and O–H groups in total. The van der Waals surface area contributed by atoms with Gasteiger partial charge in [-0.25, -0.2) is 0 Å². The second kappa shape index (κ2) is 15.9. The predicted octanol–water partition coefficient (Wildman–Crippen LogP) is 3.88. The number of carbonyl (C=O) groups is 1. The summed E-state index contributed by atoms with van der Waals surface area (Å²) in [5.74, 6) is -1.58. The van der Waals surface area contributed by atoms with Crippen LogP contribution in [0.3, 0.4) is 0 Å². The Balaban J connectivity index is 1.84. The van der Waals surface area contributed by atoms with E-state index in [0.717, 1.165) is 5.57 Å². The van der Waals surface area contributed by atoms with Gasteiger partial charge in [0.15, 0.2) is 12.6 Å². The van der Waals surface area contributed by atoms with Crippen molar-refractivity contribution in [2.24, 2.45) is 17.8 Å². The summed E-state index contributed by atoms with van der Waals surface area (Å²) in [7, 11) is 5.55. The Morgan fingerprint density at radius 1 is 0.980 bits per heavy atom. The third kappa shape index (κ3) is 8.55. The summed E-state index contributed by atoms with van der Waals surface area (Å²) in [6.45, 7) is 19.1. The highest BCUT2D eigenvalue weighted by atomic mass is 16.7. The Bertz CT molecular complexity index is 1200. The molecule has 4 heterocycles. The van der Waals surface area contributed by atoms with Gasteiger partial charge in [0.25, 0.3) is 0 Å². The van der Waals surface area contributed by atoms with Crippen LogP contribution in [0.4, 0.5) is 0 Å². The van der Waals surface area contributed by atoms with E-state index in [-0.39, 0.29) is 24.2 Å². The highest BCUT2D eigenvalue weighted by Crippen LogP contribution is 2.47. The van der Waals surface area contributed by atoms with Gasteiger partial charge in [-0.2, -0.15) is 0 Å². The minimum Gasteiger partial charge on any atom is -0.489 e. The molecule has 0 aromatic carbocycles. The van der Waals surface area contributed by atoms with E-state index in [0.29, 0.717) is 44.3 Å². The van der Waals surface area contributed by atoms with Crippen LogP contribution < -0.4 is 5.32 Å². The third-order valence-corrected chi connectivity index (χ3v) is 12.0.